The third-order valence-electron chi connectivity index (χ3n) is 4.69. The summed E-state index contributed by atoms with van der Waals surface area (Å²) in [7, 11) is -3.22. The number of ether oxygens (including phenoxy) is 1. The van der Waals surface area contributed by atoms with E-state index in [1.165, 1.54) is 42.2 Å². The summed E-state index contributed by atoms with van der Waals surface area (Å²) in [4.78, 5) is 14.5. The zero-order valence-corrected chi connectivity index (χ0v) is 16.2. The molecule has 2 aromatic carbocycles. The molecule has 1 aliphatic heterocycles. The maximum absolute atomic E-state index is 13.8. The molecule has 5 nitrogen and oxygen atoms in total. The van der Waals surface area contributed by atoms with Gasteiger partial charge in [0.2, 0.25) is 0 Å². The first-order chi connectivity index (χ1) is 13.2. The van der Waals surface area contributed by atoms with Crippen LogP contribution in [-0.2, 0) is 21.2 Å². The molecule has 8 heteroatoms. The van der Waals surface area contributed by atoms with Gasteiger partial charge in [-0.05, 0) is 43.2 Å². The highest BCUT2D eigenvalue weighted by molar-refractivity contribution is 7.91. The van der Waals surface area contributed by atoms with Crippen LogP contribution in [0.25, 0.3) is 0 Å². The van der Waals surface area contributed by atoms with Crippen molar-refractivity contribution >= 4 is 15.7 Å². The van der Waals surface area contributed by atoms with Crippen LogP contribution in [0, 0.1) is 11.6 Å². The van der Waals surface area contributed by atoms with Crippen molar-refractivity contribution in [2.24, 2.45) is 0 Å². The van der Waals surface area contributed by atoms with E-state index < -0.39 is 39.5 Å². The fourth-order valence-corrected chi connectivity index (χ4v) is 4.94. The lowest BCUT2D eigenvalue weighted by Crippen LogP contribution is -2.46. The Kier molecular flexibility index (Phi) is 5.98. The molecule has 2 aromatic rings. The maximum Gasteiger partial charge on any atom is 0.263 e. The normalized spacial score (nSPS) is 19.2. The number of carbonyl (C=O) groups is 1. The Hall–Kier alpha value is -2.48. The monoisotopic (exact) mass is 409 g/mol. The van der Waals surface area contributed by atoms with Gasteiger partial charge in [-0.2, -0.15) is 0 Å². The van der Waals surface area contributed by atoms with E-state index in [1.54, 1.807) is 18.2 Å². The van der Waals surface area contributed by atoms with Crippen molar-refractivity contribution in [3.63, 3.8) is 0 Å². The van der Waals surface area contributed by atoms with Gasteiger partial charge in [0, 0.05) is 12.6 Å². The van der Waals surface area contributed by atoms with Crippen LogP contribution >= 0.6 is 0 Å². The average Bonchev–Trinajstić information content (AvgIpc) is 3.02. The second kappa shape index (κ2) is 8.26. The number of halogens is 2. The number of nitrogens with zero attached hydrogens (tertiary/aromatic N) is 1. The minimum absolute atomic E-state index is 0.00736. The molecule has 0 aliphatic carbocycles. The van der Waals surface area contributed by atoms with E-state index in [9.17, 15) is 22.0 Å². The Labute approximate surface area is 162 Å². The third kappa shape index (κ3) is 4.86. The van der Waals surface area contributed by atoms with Crippen molar-refractivity contribution in [3.05, 3.63) is 65.7 Å². The summed E-state index contributed by atoms with van der Waals surface area (Å²) in [6, 6.07) is 10.9. The molecule has 0 saturated carbocycles. The molecule has 0 radical (unpaired) electrons. The first-order valence-electron chi connectivity index (χ1n) is 8.92. The number of para-hydroxylation sites is 1. The molecular weight excluding hydrogens is 388 g/mol. The highest BCUT2D eigenvalue weighted by Gasteiger charge is 2.36. The van der Waals surface area contributed by atoms with Crippen molar-refractivity contribution in [2.45, 2.75) is 32.0 Å². The summed E-state index contributed by atoms with van der Waals surface area (Å²) >= 11 is 0. The maximum atomic E-state index is 13.8. The number of sulfone groups is 1. The molecule has 0 N–H and O–H groups in total. The number of amides is 1. The van der Waals surface area contributed by atoms with E-state index in [1.807, 2.05) is 0 Å². The lowest BCUT2D eigenvalue weighted by molar-refractivity contribution is -0.140. The van der Waals surface area contributed by atoms with E-state index >= 15 is 0 Å². The molecule has 2 atom stereocenters. The van der Waals surface area contributed by atoms with Gasteiger partial charge < -0.3 is 9.64 Å². The van der Waals surface area contributed by atoms with Crippen LogP contribution in [-0.4, -0.2) is 42.9 Å². The summed E-state index contributed by atoms with van der Waals surface area (Å²) in [5.41, 5.74) is 0.664. The van der Waals surface area contributed by atoms with Crippen LogP contribution in [0.3, 0.4) is 0 Å². The molecule has 0 unspecified atom stereocenters. The fraction of sp³-hybridized carbons (Fsp3) is 0.350. The molecule has 3 rings (SSSR count). The molecule has 1 aliphatic rings. The second-order valence-electron chi connectivity index (χ2n) is 6.84. The molecule has 150 valence electrons. The number of hydrogen-bond donors (Lipinski definition) is 0. The third-order valence-corrected chi connectivity index (χ3v) is 6.44. The Morgan fingerprint density at radius 3 is 2.46 bits per heavy atom. The Morgan fingerprint density at radius 1 is 1.18 bits per heavy atom. The first kappa shape index (κ1) is 20.3. The smallest absolute Gasteiger partial charge is 0.263 e. The minimum Gasteiger partial charge on any atom is -0.478 e. The Balaban J connectivity index is 1.81. The van der Waals surface area contributed by atoms with Crippen molar-refractivity contribution in [1.82, 2.24) is 4.90 Å². The van der Waals surface area contributed by atoms with E-state index in [0.29, 0.717) is 12.0 Å². The molecule has 0 spiro atoms. The van der Waals surface area contributed by atoms with Gasteiger partial charge in [-0.3, -0.25) is 4.79 Å². The zero-order valence-electron chi connectivity index (χ0n) is 15.3. The van der Waals surface area contributed by atoms with Gasteiger partial charge in [-0.1, -0.05) is 24.3 Å². The quantitative estimate of drug-likeness (QED) is 0.736. The molecule has 28 heavy (non-hydrogen) atoms. The van der Waals surface area contributed by atoms with Gasteiger partial charge in [0.1, 0.15) is 5.82 Å². The van der Waals surface area contributed by atoms with E-state index in [0.717, 1.165) is 0 Å². The molecule has 0 aromatic heterocycles. The predicted molar refractivity (Wildman–Crippen MR) is 100 cm³/mol. The van der Waals surface area contributed by atoms with Crippen LogP contribution in [0.4, 0.5) is 8.78 Å². The molecule has 1 saturated heterocycles. The summed E-state index contributed by atoms with van der Waals surface area (Å²) in [6.07, 6.45) is -0.692. The van der Waals surface area contributed by atoms with Gasteiger partial charge in [0.25, 0.3) is 5.91 Å². The summed E-state index contributed by atoms with van der Waals surface area (Å²) in [5.74, 6) is -1.62. The summed E-state index contributed by atoms with van der Waals surface area (Å²) in [5, 5.41) is 0. The fourth-order valence-electron chi connectivity index (χ4n) is 3.21. The van der Waals surface area contributed by atoms with E-state index in [4.69, 9.17) is 4.74 Å². The van der Waals surface area contributed by atoms with Gasteiger partial charge in [0.15, 0.2) is 27.5 Å². The SMILES string of the molecule is C[C@H](Oc1ccccc1F)C(=O)N(Cc1ccc(F)cc1)[C@H]1CCS(=O)(=O)C1. The summed E-state index contributed by atoms with van der Waals surface area (Å²) in [6.45, 7) is 1.61. The Bertz CT molecular complexity index is 947. The van der Waals surface area contributed by atoms with Crippen LogP contribution in [0.2, 0.25) is 0 Å². The van der Waals surface area contributed by atoms with E-state index in [-0.39, 0.29) is 23.8 Å². The number of hydrogen-bond acceptors (Lipinski definition) is 4. The average molecular weight is 409 g/mol. The summed E-state index contributed by atoms with van der Waals surface area (Å²) < 4.78 is 56.3. The highest BCUT2D eigenvalue weighted by Crippen LogP contribution is 2.23. The lowest BCUT2D eigenvalue weighted by Gasteiger charge is -2.31. The second-order valence-corrected chi connectivity index (χ2v) is 9.07. The molecule has 0 bridgehead atoms. The van der Waals surface area contributed by atoms with Crippen molar-refractivity contribution < 1.29 is 26.7 Å². The molecule has 1 heterocycles. The Morgan fingerprint density at radius 2 is 1.86 bits per heavy atom. The predicted octanol–water partition coefficient (Wildman–Crippen LogP) is 2.95. The number of benzene rings is 2. The molecule has 1 fully saturated rings. The van der Waals surface area contributed by atoms with Crippen molar-refractivity contribution in [3.8, 4) is 5.75 Å². The van der Waals surface area contributed by atoms with Gasteiger partial charge in [-0.15, -0.1) is 0 Å². The topological polar surface area (TPSA) is 63.7 Å². The largest absolute Gasteiger partial charge is 0.478 e. The van der Waals surface area contributed by atoms with Crippen molar-refractivity contribution in [1.29, 1.82) is 0 Å². The van der Waals surface area contributed by atoms with Crippen LogP contribution < -0.4 is 4.74 Å². The van der Waals surface area contributed by atoms with Gasteiger partial charge >= 0.3 is 0 Å². The number of carbonyl (C=O) groups excluding carboxylic acids is 1. The first-order valence-corrected chi connectivity index (χ1v) is 10.7. The minimum atomic E-state index is -3.22. The zero-order chi connectivity index (χ0) is 20.3. The van der Waals surface area contributed by atoms with Gasteiger partial charge in [0.05, 0.1) is 11.5 Å². The number of rotatable bonds is 6. The van der Waals surface area contributed by atoms with Crippen LogP contribution in [0.5, 0.6) is 5.75 Å². The van der Waals surface area contributed by atoms with Crippen LogP contribution in [0.15, 0.2) is 48.5 Å². The molecule has 1 amide bonds. The van der Waals surface area contributed by atoms with Crippen LogP contribution in [0.1, 0.15) is 18.9 Å². The molecular formula is C20H21F2NO4S. The standard InChI is InChI=1S/C20H21F2NO4S/c1-14(27-19-5-3-2-4-18(19)22)20(24)23(17-10-11-28(25,26)13-17)12-15-6-8-16(21)9-7-15/h2-9,14,17H,10-13H2,1H3/t14-,17-/m0/s1. The highest BCUT2D eigenvalue weighted by atomic mass is 32.2. The van der Waals surface area contributed by atoms with Gasteiger partial charge in [-0.25, -0.2) is 17.2 Å². The van der Waals surface area contributed by atoms with Crippen molar-refractivity contribution in [2.75, 3.05) is 11.5 Å². The lowest BCUT2D eigenvalue weighted by atomic mass is 10.1. The van der Waals surface area contributed by atoms with E-state index in [2.05, 4.69) is 0 Å².